The first-order chi connectivity index (χ1) is 12.5. The summed E-state index contributed by atoms with van der Waals surface area (Å²) in [6, 6.07) is 9.81. The Kier molecular flexibility index (Phi) is 5.83. The van der Waals surface area contributed by atoms with Gasteiger partial charge in [-0.1, -0.05) is 32.0 Å². The molecule has 2 N–H and O–H groups in total. The van der Waals surface area contributed by atoms with Gasteiger partial charge in [-0.05, 0) is 37.3 Å². The number of nitrogens with zero attached hydrogens (tertiary/aromatic N) is 2. The van der Waals surface area contributed by atoms with Crippen molar-refractivity contribution in [3.8, 4) is 0 Å². The number of carbonyl (C=O) groups is 1. The van der Waals surface area contributed by atoms with E-state index in [0.29, 0.717) is 29.8 Å². The summed E-state index contributed by atoms with van der Waals surface area (Å²) < 4.78 is 5.54. The van der Waals surface area contributed by atoms with E-state index in [2.05, 4.69) is 40.5 Å². The molecule has 1 unspecified atom stereocenters. The van der Waals surface area contributed by atoms with Crippen LogP contribution in [0.2, 0.25) is 0 Å². The topological polar surface area (TPSA) is 76.1 Å². The smallest absolute Gasteiger partial charge is 0.270 e. The predicted molar refractivity (Wildman–Crippen MR) is 102 cm³/mol. The van der Waals surface area contributed by atoms with E-state index >= 15 is 0 Å². The lowest BCUT2D eigenvalue weighted by Gasteiger charge is -2.15. The van der Waals surface area contributed by atoms with Crippen LogP contribution in [0, 0.1) is 6.92 Å². The van der Waals surface area contributed by atoms with Gasteiger partial charge in [0.15, 0.2) is 0 Å². The molecular weight excluding hydrogens is 328 g/mol. The third kappa shape index (κ3) is 4.58. The van der Waals surface area contributed by atoms with Gasteiger partial charge in [-0.3, -0.25) is 4.79 Å². The van der Waals surface area contributed by atoms with Crippen molar-refractivity contribution in [2.24, 2.45) is 0 Å². The Morgan fingerprint density at radius 1 is 1.31 bits per heavy atom. The fourth-order valence-corrected chi connectivity index (χ4v) is 3.10. The first-order valence-electron chi connectivity index (χ1n) is 9.14. The van der Waals surface area contributed by atoms with Crippen molar-refractivity contribution < 1.29 is 9.53 Å². The van der Waals surface area contributed by atoms with Crippen molar-refractivity contribution in [3.05, 3.63) is 47.4 Å². The standard InChI is InChI=1S/C20H26N4O2/c1-13(2)16-8-4-5-9-17(16)24-19-11-18(22-14(3)23-19)20(25)21-12-15-7-6-10-26-15/h4-5,8-9,11,13,15H,6-7,10,12H2,1-3H3,(H,21,25)(H,22,23,24). The average molecular weight is 354 g/mol. The lowest BCUT2D eigenvalue weighted by Crippen LogP contribution is -2.32. The number of aryl methyl sites for hydroxylation is 1. The summed E-state index contributed by atoms with van der Waals surface area (Å²) in [7, 11) is 0. The summed E-state index contributed by atoms with van der Waals surface area (Å²) in [5, 5.41) is 6.24. The van der Waals surface area contributed by atoms with E-state index in [0.717, 1.165) is 25.1 Å². The monoisotopic (exact) mass is 354 g/mol. The van der Waals surface area contributed by atoms with Crippen LogP contribution < -0.4 is 10.6 Å². The molecule has 138 valence electrons. The number of amides is 1. The van der Waals surface area contributed by atoms with Gasteiger partial charge in [-0.15, -0.1) is 0 Å². The van der Waals surface area contributed by atoms with E-state index in [9.17, 15) is 4.79 Å². The highest BCUT2D eigenvalue weighted by molar-refractivity contribution is 5.93. The van der Waals surface area contributed by atoms with Crippen molar-refractivity contribution in [3.63, 3.8) is 0 Å². The van der Waals surface area contributed by atoms with Crippen LogP contribution in [0.15, 0.2) is 30.3 Å². The zero-order chi connectivity index (χ0) is 18.5. The highest BCUT2D eigenvalue weighted by Gasteiger charge is 2.18. The zero-order valence-electron chi connectivity index (χ0n) is 15.6. The van der Waals surface area contributed by atoms with Gasteiger partial charge in [-0.25, -0.2) is 9.97 Å². The van der Waals surface area contributed by atoms with Crippen LogP contribution in [-0.4, -0.2) is 35.1 Å². The Hall–Kier alpha value is -2.47. The first kappa shape index (κ1) is 18.3. The van der Waals surface area contributed by atoms with Crippen LogP contribution in [0.1, 0.15) is 54.5 Å². The first-order valence-corrected chi connectivity index (χ1v) is 9.14. The second-order valence-electron chi connectivity index (χ2n) is 6.90. The molecule has 1 amide bonds. The van der Waals surface area contributed by atoms with Crippen molar-refractivity contribution >= 4 is 17.4 Å². The van der Waals surface area contributed by atoms with Gasteiger partial charge in [0.1, 0.15) is 17.3 Å². The molecule has 3 rings (SSSR count). The number of anilines is 2. The molecular formula is C20H26N4O2. The number of hydrogen-bond acceptors (Lipinski definition) is 5. The van der Waals surface area contributed by atoms with Crippen molar-refractivity contribution in [2.75, 3.05) is 18.5 Å². The van der Waals surface area contributed by atoms with Gasteiger partial charge >= 0.3 is 0 Å². The number of para-hydroxylation sites is 1. The summed E-state index contributed by atoms with van der Waals surface area (Å²) in [6.45, 7) is 7.37. The number of ether oxygens (including phenoxy) is 1. The molecule has 0 aliphatic carbocycles. The summed E-state index contributed by atoms with van der Waals surface area (Å²) in [5.74, 6) is 1.36. The molecule has 0 spiro atoms. The molecule has 0 bridgehead atoms. The molecule has 1 fully saturated rings. The van der Waals surface area contributed by atoms with Crippen molar-refractivity contribution in [2.45, 2.75) is 45.6 Å². The number of nitrogens with one attached hydrogen (secondary N) is 2. The van der Waals surface area contributed by atoms with E-state index in [-0.39, 0.29) is 12.0 Å². The number of rotatable bonds is 6. The Morgan fingerprint density at radius 3 is 2.85 bits per heavy atom. The van der Waals surface area contributed by atoms with E-state index in [4.69, 9.17) is 4.74 Å². The summed E-state index contributed by atoms with van der Waals surface area (Å²) >= 11 is 0. The fraction of sp³-hybridized carbons (Fsp3) is 0.450. The fourth-order valence-electron chi connectivity index (χ4n) is 3.10. The SMILES string of the molecule is Cc1nc(Nc2ccccc2C(C)C)cc(C(=O)NCC2CCCO2)n1. The molecule has 1 aromatic carbocycles. The molecule has 2 heterocycles. The third-order valence-corrected chi connectivity index (χ3v) is 4.43. The summed E-state index contributed by atoms with van der Waals surface area (Å²) in [4.78, 5) is 21.1. The minimum atomic E-state index is -0.203. The van der Waals surface area contributed by atoms with Crippen LogP contribution >= 0.6 is 0 Å². The molecule has 0 saturated carbocycles. The Morgan fingerprint density at radius 2 is 2.12 bits per heavy atom. The molecule has 2 aromatic rings. The van der Waals surface area contributed by atoms with E-state index in [1.165, 1.54) is 5.56 Å². The maximum atomic E-state index is 12.4. The van der Waals surface area contributed by atoms with Gasteiger partial charge in [-0.2, -0.15) is 0 Å². The van der Waals surface area contributed by atoms with E-state index in [1.54, 1.807) is 13.0 Å². The highest BCUT2D eigenvalue weighted by atomic mass is 16.5. The van der Waals surface area contributed by atoms with Gasteiger partial charge in [0.05, 0.1) is 6.10 Å². The second kappa shape index (κ2) is 8.27. The number of aromatic nitrogens is 2. The molecule has 0 radical (unpaired) electrons. The van der Waals surface area contributed by atoms with E-state index < -0.39 is 0 Å². The van der Waals surface area contributed by atoms with Crippen molar-refractivity contribution in [1.29, 1.82) is 0 Å². The van der Waals surface area contributed by atoms with Crippen molar-refractivity contribution in [1.82, 2.24) is 15.3 Å². The molecule has 6 nitrogen and oxygen atoms in total. The maximum Gasteiger partial charge on any atom is 0.270 e. The molecule has 1 aliphatic rings. The number of benzene rings is 1. The third-order valence-electron chi connectivity index (χ3n) is 4.43. The van der Waals surface area contributed by atoms with Gasteiger partial charge in [0.2, 0.25) is 0 Å². The molecule has 6 heteroatoms. The van der Waals surface area contributed by atoms with Gasteiger partial charge < -0.3 is 15.4 Å². The normalized spacial score (nSPS) is 16.7. The largest absolute Gasteiger partial charge is 0.376 e. The average Bonchev–Trinajstić information content (AvgIpc) is 3.13. The van der Waals surface area contributed by atoms with Crippen LogP contribution in [0.5, 0.6) is 0 Å². The number of carbonyl (C=O) groups excluding carboxylic acids is 1. The van der Waals surface area contributed by atoms with Crippen LogP contribution in [0.4, 0.5) is 11.5 Å². The number of hydrogen-bond donors (Lipinski definition) is 2. The van der Waals surface area contributed by atoms with Crippen LogP contribution in [0.3, 0.4) is 0 Å². The minimum absolute atomic E-state index is 0.109. The molecule has 1 atom stereocenters. The minimum Gasteiger partial charge on any atom is -0.376 e. The molecule has 1 aliphatic heterocycles. The Bertz CT molecular complexity index is 770. The predicted octanol–water partition coefficient (Wildman–Crippen LogP) is 3.56. The molecule has 1 saturated heterocycles. The highest BCUT2D eigenvalue weighted by Crippen LogP contribution is 2.26. The summed E-state index contributed by atoms with van der Waals surface area (Å²) in [5.41, 5.74) is 2.56. The van der Waals surface area contributed by atoms with Crippen LogP contribution in [0.25, 0.3) is 0 Å². The van der Waals surface area contributed by atoms with E-state index in [1.807, 2.05) is 18.2 Å². The Balaban J connectivity index is 1.74. The lowest BCUT2D eigenvalue weighted by atomic mass is 10.0. The second-order valence-corrected chi connectivity index (χ2v) is 6.90. The quantitative estimate of drug-likeness (QED) is 0.829. The lowest BCUT2D eigenvalue weighted by molar-refractivity contribution is 0.0853. The van der Waals surface area contributed by atoms with Gasteiger partial charge in [0.25, 0.3) is 5.91 Å². The van der Waals surface area contributed by atoms with Crippen LogP contribution in [-0.2, 0) is 4.74 Å². The molecule has 1 aromatic heterocycles. The molecule has 26 heavy (non-hydrogen) atoms. The Labute approximate surface area is 154 Å². The summed E-state index contributed by atoms with van der Waals surface area (Å²) in [6.07, 6.45) is 2.15. The zero-order valence-corrected chi connectivity index (χ0v) is 15.6. The maximum absolute atomic E-state index is 12.4. The van der Waals surface area contributed by atoms with Gasteiger partial charge in [0, 0.05) is 24.9 Å².